The normalized spacial score (nSPS) is 16.2. The summed E-state index contributed by atoms with van der Waals surface area (Å²) in [5.41, 5.74) is 0. The van der Waals surface area contributed by atoms with Crippen LogP contribution >= 0.6 is 0 Å². The van der Waals surface area contributed by atoms with E-state index in [1.54, 1.807) is 6.92 Å². The van der Waals surface area contributed by atoms with Crippen molar-refractivity contribution in [2.24, 2.45) is 0 Å². The molecule has 5 heteroatoms. The third-order valence-electron chi connectivity index (χ3n) is 2.05. The van der Waals surface area contributed by atoms with E-state index in [0.717, 1.165) is 0 Å². The van der Waals surface area contributed by atoms with Crippen LogP contribution in [0.2, 0.25) is 3.21 Å². The standard InChI is InChI=1S/C11H9NO2Se2/c1-2-14-10(13)11(7-12)15-8-5-3-4-6-9(8)16-11/h3-6H,2H2,1H3. The summed E-state index contributed by atoms with van der Waals surface area (Å²) >= 11 is -0.241. The molecule has 0 amide bonds. The molecule has 1 aromatic carbocycles. The summed E-state index contributed by atoms with van der Waals surface area (Å²) in [5.74, 6) is -0.339. The minimum absolute atomic E-state index is 0.120. The summed E-state index contributed by atoms with van der Waals surface area (Å²) in [5, 5.41) is 9.27. The topological polar surface area (TPSA) is 50.1 Å². The average Bonchev–Trinajstić information content (AvgIpc) is 2.69. The second kappa shape index (κ2) is 4.61. The van der Waals surface area contributed by atoms with Crippen molar-refractivity contribution in [3.8, 4) is 6.07 Å². The van der Waals surface area contributed by atoms with Crippen LogP contribution in [0.15, 0.2) is 24.3 Å². The first kappa shape index (κ1) is 11.7. The molecule has 1 heterocycles. The van der Waals surface area contributed by atoms with E-state index in [1.807, 2.05) is 24.3 Å². The molecule has 1 aromatic rings. The van der Waals surface area contributed by atoms with E-state index in [4.69, 9.17) is 4.74 Å². The van der Waals surface area contributed by atoms with E-state index < -0.39 is 3.21 Å². The average molecular weight is 345 g/mol. The van der Waals surface area contributed by atoms with Crippen molar-refractivity contribution in [1.82, 2.24) is 0 Å². The van der Waals surface area contributed by atoms with E-state index in [0.29, 0.717) is 6.61 Å². The van der Waals surface area contributed by atoms with Crippen LogP contribution in [0, 0.1) is 11.3 Å². The molecular formula is C11H9NO2Se2. The van der Waals surface area contributed by atoms with Crippen LogP contribution in [-0.2, 0) is 9.53 Å². The number of hydrogen-bond acceptors (Lipinski definition) is 3. The summed E-state index contributed by atoms with van der Waals surface area (Å²) in [6.07, 6.45) is 0. The number of esters is 1. The molecule has 0 spiro atoms. The van der Waals surface area contributed by atoms with Gasteiger partial charge in [-0.05, 0) is 0 Å². The Balaban J connectivity index is 2.30. The van der Waals surface area contributed by atoms with Crippen molar-refractivity contribution >= 4 is 44.8 Å². The molecule has 1 aliphatic rings. The first-order chi connectivity index (χ1) is 7.72. The number of nitrogens with zero attached hydrogens (tertiary/aromatic N) is 1. The fraction of sp³-hybridized carbons (Fsp3) is 0.273. The summed E-state index contributed by atoms with van der Waals surface area (Å²) in [6.45, 7) is 2.11. The van der Waals surface area contributed by atoms with Gasteiger partial charge < -0.3 is 0 Å². The first-order valence-corrected chi connectivity index (χ1v) is 8.20. The van der Waals surface area contributed by atoms with Crippen LogP contribution in [0.1, 0.15) is 6.92 Å². The molecule has 16 heavy (non-hydrogen) atoms. The molecule has 0 N–H and O–H groups in total. The van der Waals surface area contributed by atoms with Gasteiger partial charge in [-0.15, -0.1) is 0 Å². The molecule has 2 rings (SSSR count). The van der Waals surface area contributed by atoms with Gasteiger partial charge in [0.25, 0.3) is 0 Å². The second-order valence-electron chi connectivity index (χ2n) is 3.10. The Morgan fingerprint density at radius 2 is 2.00 bits per heavy atom. The Hall–Kier alpha value is -0.781. The quantitative estimate of drug-likeness (QED) is 0.540. The number of carbonyl (C=O) groups is 1. The summed E-state index contributed by atoms with van der Waals surface area (Å²) < 4.78 is 6.49. The monoisotopic (exact) mass is 347 g/mol. The van der Waals surface area contributed by atoms with E-state index >= 15 is 0 Å². The fourth-order valence-corrected chi connectivity index (χ4v) is 8.17. The molecule has 0 atom stereocenters. The van der Waals surface area contributed by atoms with Gasteiger partial charge in [-0.3, -0.25) is 0 Å². The zero-order valence-electron chi connectivity index (χ0n) is 8.60. The number of ether oxygens (including phenoxy) is 1. The molecular weight excluding hydrogens is 336 g/mol. The second-order valence-corrected chi connectivity index (χ2v) is 9.68. The van der Waals surface area contributed by atoms with Crippen molar-refractivity contribution in [3.63, 3.8) is 0 Å². The van der Waals surface area contributed by atoms with Gasteiger partial charge in [-0.1, -0.05) is 0 Å². The molecule has 3 nitrogen and oxygen atoms in total. The molecule has 0 aromatic heterocycles. The number of nitriles is 1. The van der Waals surface area contributed by atoms with Crippen LogP contribution < -0.4 is 8.92 Å². The van der Waals surface area contributed by atoms with Gasteiger partial charge in [0.2, 0.25) is 0 Å². The van der Waals surface area contributed by atoms with E-state index in [9.17, 15) is 10.1 Å². The van der Waals surface area contributed by atoms with Gasteiger partial charge in [-0.2, -0.15) is 0 Å². The number of benzene rings is 1. The summed E-state index contributed by atoms with van der Waals surface area (Å²) in [4.78, 5) is 11.9. The molecule has 0 saturated heterocycles. The van der Waals surface area contributed by atoms with Gasteiger partial charge in [0.15, 0.2) is 0 Å². The molecule has 0 unspecified atom stereocenters. The Morgan fingerprint density at radius 1 is 1.44 bits per heavy atom. The van der Waals surface area contributed by atoms with Gasteiger partial charge in [0.1, 0.15) is 0 Å². The van der Waals surface area contributed by atoms with Crippen LogP contribution in [0.5, 0.6) is 0 Å². The maximum absolute atomic E-state index is 11.9. The van der Waals surface area contributed by atoms with E-state index in [2.05, 4.69) is 6.07 Å². The molecule has 0 radical (unpaired) electrons. The van der Waals surface area contributed by atoms with E-state index in [1.165, 1.54) is 8.92 Å². The van der Waals surface area contributed by atoms with Gasteiger partial charge in [-0.25, -0.2) is 0 Å². The van der Waals surface area contributed by atoms with Crippen molar-refractivity contribution in [2.45, 2.75) is 10.1 Å². The number of hydrogen-bond donors (Lipinski definition) is 0. The third kappa shape index (κ3) is 1.90. The molecule has 1 aliphatic heterocycles. The van der Waals surface area contributed by atoms with E-state index in [-0.39, 0.29) is 35.9 Å². The molecule has 0 aliphatic carbocycles. The van der Waals surface area contributed by atoms with Crippen molar-refractivity contribution in [2.75, 3.05) is 6.61 Å². The zero-order chi connectivity index (χ0) is 11.6. The molecule has 0 bridgehead atoms. The minimum atomic E-state index is -0.875. The Morgan fingerprint density at radius 3 is 2.44 bits per heavy atom. The number of rotatable bonds is 2. The Kier molecular flexibility index (Phi) is 3.37. The van der Waals surface area contributed by atoms with Crippen LogP contribution in [0.25, 0.3) is 0 Å². The predicted molar refractivity (Wildman–Crippen MR) is 62.2 cm³/mol. The van der Waals surface area contributed by atoms with Crippen molar-refractivity contribution in [3.05, 3.63) is 24.3 Å². The molecule has 0 saturated carbocycles. The van der Waals surface area contributed by atoms with Crippen LogP contribution in [-0.4, -0.2) is 42.5 Å². The molecule has 82 valence electrons. The predicted octanol–water partition coefficient (Wildman–Crippen LogP) is -0.438. The van der Waals surface area contributed by atoms with Gasteiger partial charge in [0, 0.05) is 0 Å². The van der Waals surface area contributed by atoms with Gasteiger partial charge in [0.05, 0.1) is 0 Å². The zero-order valence-corrected chi connectivity index (χ0v) is 12.0. The summed E-state index contributed by atoms with van der Waals surface area (Å²) in [7, 11) is 0. The van der Waals surface area contributed by atoms with Crippen molar-refractivity contribution in [1.29, 1.82) is 5.26 Å². The summed E-state index contributed by atoms with van der Waals surface area (Å²) in [6, 6.07) is 10.1. The Labute approximate surface area is 106 Å². The van der Waals surface area contributed by atoms with Crippen LogP contribution in [0.4, 0.5) is 0 Å². The first-order valence-electron chi connectivity index (χ1n) is 4.77. The fourth-order valence-electron chi connectivity index (χ4n) is 1.35. The number of fused-ring (bicyclic) bond motifs is 1. The third-order valence-corrected chi connectivity index (χ3v) is 9.23. The number of carbonyl (C=O) groups excluding carboxylic acids is 1. The van der Waals surface area contributed by atoms with Gasteiger partial charge >= 0.3 is 107 Å². The maximum atomic E-state index is 11.9. The van der Waals surface area contributed by atoms with Crippen LogP contribution in [0.3, 0.4) is 0 Å². The molecule has 0 fully saturated rings. The van der Waals surface area contributed by atoms with Crippen molar-refractivity contribution < 1.29 is 9.53 Å². The SMILES string of the molecule is CCOC(=O)C1(C#N)[Se]c2ccccc2[Se]1. The Bertz CT molecular complexity index is 442.